The van der Waals surface area contributed by atoms with Crippen LogP contribution in [0.25, 0.3) is 0 Å². The highest BCUT2D eigenvalue weighted by Gasteiger charge is 2.39. The Kier molecular flexibility index (Phi) is 1.46. The van der Waals surface area contributed by atoms with E-state index in [1.807, 2.05) is 0 Å². The molecule has 0 bridgehead atoms. The molecule has 2 heteroatoms. The third-order valence-corrected chi connectivity index (χ3v) is 2.71. The van der Waals surface area contributed by atoms with Gasteiger partial charge in [0.05, 0.1) is 6.61 Å². The Labute approximate surface area is 61.9 Å². The predicted octanol–water partition coefficient (Wildman–Crippen LogP) is 0.917. The average molecular weight is 141 g/mol. The molecule has 0 aliphatic carbocycles. The summed E-state index contributed by atoms with van der Waals surface area (Å²) in [7, 11) is 0. The Morgan fingerprint density at radius 1 is 1.50 bits per heavy atom. The third kappa shape index (κ3) is 0.956. The van der Waals surface area contributed by atoms with Crippen molar-refractivity contribution in [1.82, 2.24) is 5.32 Å². The number of hydrogen-bond donors (Lipinski definition) is 1. The summed E-state index contributed by atoms with van der Waals surface area (Å²) in [6.45, 7) is 4.16. The van der Waals surface area contributed by atoms with Gasteiger partial charge in [-0.1, -0.05) is 0 Å². The lowest BCUT2D eigenvalue weighted by Crippen LogP contribution is -2.42. The first-order chi connectivity index (χ1) is 4.81. The molecule has 2 fully saturated rings. The highest BCUT2D eigenvalue weighted by Crippen LogP contribution is 2.30. The van der Waals surface area contributed by atoms with Crippen molar-refractivity contribution in [3.8, 4) is 0 Å². The van der Waals surface area contributed by atoms with Gasteiger partial charge in [-0.2, -0.15) is 0 Å². The highest BCUT2D eigenvalue weighted by atomic mass is 16.5. The molecule has 0 aromatic heterocycles. The van der Waals surface area contributed by atoms with Crippen molar-refractivity contribution < 1.29 is 4.74 Å². The molecule has 2 nitrogen and oxygen atoms in total. The second-order valence-electron chi connectivity index (χ2n) is 3.67. The Bertz CT molecular complexity index is 129. The zero-order valence-electron chi connectivity index (χ0n) is 6.52. The van der Waals surface area contributed by atoms with Gasteiger partial charge in [0, 0.05) is 18.2 Å². The van der Waals surface area contributed by atoms with Gasteiger partial charge >= 0.3 is 0 Å². The maximum absolute atomic E-state index is 5.37. The van der Waals surface area contributed by atoms with Gasteiger partial charge in [0.2, 0.25) is 0 Å². The molecule has 58 valence electrons. The Hall–Kier alpha value is -0.0800. The Morgan fingerprint density at radius 2 is 2.40 bits per heavy atom. The second-order valence-corrected chi connectivity index (χ2v) is 3.67. The number of nitrogens with one attached hydrogen (secondary N) is 1. The van der Waals surface area contributed by atoms with E-state index in [1.165, 1.54) is 19.3 Å². The zero-order chi connectivity index (χ0) is 7.03. The quantitative estimate of drug-likeness (QED) is 0.541. The lowest BCUT2D eigenvalue weighted by molar-refractivity contribution is 0.171. The molecule has 2 saturated heterocycles. The van der Waals surface area contributed by atoms with Crippen molar-refractivity contribution in [3.05, 3.63) is 0 Å². The first kappa shape index (κ1) is 6.62. The second kappa shape index (κ2) is 2.21. The molecule has 2 atom stereocenters. The van der Waals surface area contributed by atoms with E-state index < -0.39 is 0 Å². The van der Waals surface area contributed by atoms with Gasteiger partial charge in [0.15, 0.2) is 0 Å². The number of ether oxygens (including phenoxy) is 1. The van der Waals surface area contributed by atoms with Crippen LogP contribution in [0.15, 0.2) is 0 Å². The van der Waals surface area contributed by atoms with Crippen LogP contribution in [-0.4, -0.2) is 24.8 Å². The topological polar surface area (TPSA) is 21.3 Å². The van der Waals surface area contributed by atoms with Gasteiger partial charge in [-0.15, -0.1) is 0 Å². The molecule has 0 aromatic rings. The van der Waals surface area contributed by atoms with Crippen molar-refractivity contribution in [2.24, 2.45) is 0 Å². The molecule has 2 aliphatic rings. The van der Waals surface area contributed by atoms with Crippen LogP contribution < -0.4 is 5.32 Å². The molecule has 0 unspecified atom stereocenters. The molecular weight excluding hydrogens is 126 g/mol. The van der Waals surface area contributed by atoms with Crippen LogP contribution in [0.4, 0.5) is 0 Å². The standard InChI is InChI=1S/C8H15NO/c1-7-2-3-8(9-7)4-5-10-6-8/h7,9H,2-6H2,1H3/t7-,8+/m1/s1. The van der Waals surface area contributed by atoms with Crippen molar-refractivity contribution in [2.75, 3.05) is 13.2 Å². The van der Waals surface area contributed by atoms with Crippen LogP contribution >= 0.6 is 0 Å². The van der Waals surface area contributed by atoms with Crippen molar-refractivity contribution in [2.45, 2.75) is 37.8 Å². The van der Waals surface area contributed by atoms with E-state index in [9.17, 15) is 0 Å². The van der Waals surface area contributed by atoms with Gasteiger partial charge in [0.1, 0.15) is 0 Å². The molecule has 0 amide bonds. The number of hydrogen-bond acceptors (Lipinski definition) is 2. The Balaban J connectivity index is 2.03. The molecule has 2 rings (SSSR count). The summed E-state index contributed by atoms with van der Waals surface area (Å²) in [5.74, 6) is 0. The van der Waals surface area contributed by atoms with Crippen molar-refractivity contribution >= 4 is 0 Å². The monoisotopic (exact) mass is 141 g/mol. The van der Waals surface area contributed by atoms with Crippen molar-refractivity contribution in [1.29, 1.82) is 0 Å². The summed E-state index contributed by atoms with van der Waals surface area (Å²) in [6.07, 6.45) is 3.86. The van der Waals surface area contributed by atoms with Gasteiger partial charge in [-0.25, -0.2) is 0 Å². The summed E-state index contributed by atoms with van der Waals surface area (Å²) in [5.41, 5.74) is 0.388. The minimum Gasteiger partial charge on any atom is -0.379 e. The fraction of sp³-hybridized carbons (Fsp3) is 1.00. The Morgan fingerprint density at radius 3 is 2.90 bits per heavy atom. The van der Waals surface area contributed by atoms with Gasteiger partial charge in [-0.3, -0.25) is 0 Å². The molecule has 1 spiro atoms. The van der Waals surface area contributed by atoms with E-state index in [-0.39, 0.29) is 0 Å². The van der Waals surface area contributed by atoms with Crippen molar-refractivity contribution in [3.63, 3.8) is 0 Å². The molecule has 2 aliphatic heterocycles. The first-order valence-corrected chi connectivity index (χ1v) is 4.16. The van der Waals surface area contributed by atoms with E-state index in [1.54, 1.807) is 0 Å². The highest BCUT2D eigenvalue weighted by molar-refractivity contribution is 4.98. The summed E-state index contributed by atoms with van der Waals surface area (Å²) in [6, 6.07) is 0.710. The SMILES string of the molecule is C[C@@H]1CC[C@@]2(CCOC2)N1. The summed E-state index contributed by atoms with van der Waals surface area (Å²) in [4.78, 5) is 0. The summed E-state index contributed by atoms with van der Waals surface area (Å²) in [5, 5.41) is 3.60. The molecule has 0 radical (unpaired) electrons. The van der Waals surface area contributed by atoms with Crippen LogP contribution in [0.2, 0.25) is 0 Å². The molecule has 1 N–H and O–H groups in total. The fourth-order valence-electron chi connectivity index (χ4n) is 2.08. The normalized spacial score (nSPS) is 47.1. The zero-order valence-corrected chi connectivity index (χ0v) is 6.52. The summed E-state index contributed by atoms with van der Waals surface area (Å²) >= 11 is 0. The largest absolute Gasteiger partial charge is 0.379 e. The van der Waals surface area contributed by atoms with Crippen LogP contribution in [0, 0.1) is 0 Å². The van der Waals surface area contributed by atoms with Crippen LogP contribution in [-0.2, 0) is 4.74 Å². The summed E-state index contributed by atoms with van der Waals surface area (Å²) < 4.78 is 5.37. The van der Waals surface area contributed by atoms with E-state index >= 15 is 0 Å². The van der Waals surface area contributed by atoms with E-state index in [0.29, 0.717) is 11.6 Å². The smallest absolute Gasteiger partial charge is 0.0649 e. The van der Waals surface area contributed by atoms with E-state index in [4.69, 9.17) is 4.74 Å². The fourth-order valence-corrected chi connectivity index (χ4v) is 2.08. The van der Waals surface area contributed by atoms with E-state index in [2.05, 4.69) is 12.2 Å². The van der Waals surface area contributed by atoms with Gasteiger partial charge < -0.3 is 10.1 Å². The average Bonchev–Trinajstić information content (AvgIpc) is 2.46. The predicted molar refractivity (Wildman–Crippen MR) is 40.0 cm³/mol. The molecule has 2 heterocycles. The van der Waals surface area contributed by atoms with Crippen LogP contribution in [0.3, 0.4) is 0 Å². The first-order valence-electron chi connectivity index (χ1n) is 4.16. The minimum atomic E-state index is 0.388. The van der Waals surface area contributed by atoms with Crippen LogP contribution in [0.5, 0.6) is 0 Å². The number of rotatable bonds is 0. The molecule has 0 saturated carbocycles. The minimum absolute atomic E-state index is 0.388. The van der Waals surface area contributed by atoms with E-state index in [0.717, 1.165) is 13.2 Å². The maximum Gasteiger partial charge on any atom is 0.0649 e. The lowest BCUT2D eigenvalue weighted by Gasteiger charge is -2.21. The maximum atomic E-state index is 5.37. The van der Waals surface area contributed by atoms with Gasteiger partial charge in [0.25, 0.3) is 0 Å². The van der Waals surface area contributed by atoms with Crippen LogP contribution in [0.1, 0.15) is 26.2 Å². The third-order valence-electron chi connectivity index (χ3n) is 2.71. The molecule has 10 heavy (non-hydrogen) atoms. The lowest BCUT2D eigenvalue weighted by atomic mass is 9.97. The van der Waals surface area contributed by atoms with Gasteiger partial charge in [-0.05, 0) is 26.2 Å². The molecule has 0 aromatic carbocycles. The molecular formula is C8H15NO.